The highest BCUT2D eigenvalue weighted by Crippen LogP contribution is 2.34. The van der Waals surface area contributed by atoms with Crippen LogP contribution >= 0.6 is 15.9 Å². The molecule has 0 saturated heterocycles. The molecule has 1 heterocycles. The Hall–Kier alpha value is -2.41. The first-order valence-corrected chi connectivity index (χ1v) is 7.83. The Morgan fingerprint density at radius 2 is 1.91 bits per heavy atom. The number of urea groups is 1. The van der Waals surface area contributed by atoms with Crippen LogP contribution in [-0.2, 0) is 0 Å². The molecule has 7 heteroatoms. The Kier molecular flexibility index (Phi) is 4.87. The molecule has 0 aromatic heterocycles. The van der Waals surface area contributed by atoms with Gasteiger partial charge in [0.25, 0.3) is 0 Å². The Morgan fingerprint density at radius 3 is 2.74 bits per heavy atom. The van der Waals surface area contributed by atoms with E-state index in [9.17, 15) is 4.79 Å². The molecule has 6 nitrogen and oxygen atoms in total. The van der Waals surface area contributed by atoms with Gasteiger partial charge in [0, 0.05) is 16.2 Å². The molecule has 0 saturated carbocycles. The second-order valence-corrected chi connectivity index (χ2v) is 5.67. The second kappa shape index (κ2) is 7.23. The summed E-state index contributed by atoms with van der Waals surface area (Å²) in [7, 11) is 0. The molecule has 120 valence electrons. The highest BCUT2D eigenvalue weighted by Gasteiger charge is 2.13. The van der Waals surface area contributed by atoms with E-state index in [1.807, 2.05) is 24.3 Å². The summed E-state index contributed by atoms with van der Waals surface area (Å²) in [5, 5.41) is 5.45. The van der Waals surface area contributed by atoms with Crippen molar-refractivity contribution < 1.29 is 19.0 Å². The third-order valence-corrected chi connectivity index (χ3v) is 3.63. The summed E-state index contributed by atoms with van der Waals surface area (Å²) in [4.78, 5) is 11.8. The summed E-state index contributed by atoms with van der Waals surface area (Å²) in [6.07, 6.45) is 0. The van der Waals surface area contributed by atoms with Crippen LogP contribution in [0.15, 0.2) is 46.9 Å². The van der Waals surface area contributed by atoms with Crippen molar-refractivity contribution in [1.82, 2.24) is 5.32 Å². The Bertz CT molecular complexity index is 691. The van der Waals surface area contributed by atoms with Gasteiger partial charge < -0.3 is 24.8 Å². The van der Waals surface area contributed by atoms with Gasteiger partial charge in [-0.05, 0) is 36.4 Å². The summed E-state index contributed by atoms with van der Waals surface area (Å²) in [5.41, 5.74) is 0.639. The van der Waals surface area contributed by atoms with Crippen molar-refractivity contribution in [2.75, 3.05) is 25.3 Å². The number of carbonyl (C=O) groups is 1. The zero-order valence-corrected chi connectivity index (χ0v) is 13.8. The lowest BCUT2D eigenvalue weighted by Gasteiger charge is -2.09. The summed E-state index contributed by atoms with van der Waals surface area (Å²) < 4.78 is 17.0. The van der Waals surface area contributed by atoms with E-state index in [-0.39, 0.29) is 12.8 Å². The van der Waals surface area contributed by atoms with Gasteiger partial charge in [-0.3, -0.25) is 0 Å². The molecule has 2 aromatic rings. The lowest BCUT2D eigenvalue weighted by atomic mass is 10.3. The predicted molar refractivity (Wildman–Crippen MR) is 89.2 cm³/mol. The standard InChI is InChI=1S/C16H15BrN2O4/c17-11-1-4-13(5-2-11)21-8-7-18-16(20)19-12-3-6-14-15(9-12)23-10-22-14/h1-6,9H,7-8,10H2,(H2,18,19,20). The highest BCUT2D eigenvalue weighted by atomic mass is 79.9. The number of benzene rings is 2. The molecule has 23 heavy (non-hydrogen) atoms. The van der Waals surface area contributed by atoms with E-state index in [1.165, 1.54) is 0 Å². The largest absolute Gasteiger partial charge is 0.492 e. The van der Waals surface area contributed by atoms with E-state index in [0.29, 0.717) is 30.3 Å². The summed E-state index contributed by atoms with van der Waals surface area (Å²) >= 11 is 3.36. The number of amides is 2. The average molecular weight is 379 g/mol. The normalized spacial score (nSPS) is 11.9. The van der Waals surface area contributed by atoms with E-state index in [2.05, 4.69) is 26.6 Å². The van der Waals surface area contributed by atoms with Crippen molar-refractivity contribution in [3.8, 4) is 17.2 Å². The van der Waals surface area contributed by atoms with Gasteiger partial charge in [-0.15, -0.1) is 0 Å². The fourth-order valence-electron chi connectivity index (χ4n) is 2.01. The molecule has 0 bridgehead atoms. The topological polar surface area (TPSA) is 68.8 Å². The predicted octanol–water partition coefficient (Wildman–Crippen LogP) is 3.38. The van der Waals surface area contributed by atoms with Crippen LogP contribution in [0.4, 0.5) is 10.5 Å². The molecule has 1 aliphatic heterocycles. The Balaban J connectivity index is 1.40. The van der Waals surface area contributed by atoms with Gasteiger partial charge in [-0.25, -0.2) is 4.79 Å². The molecule has 2 N–H and O–H groups in total. The first-order chi connectivity index (χ1) is 11.2. The maximum absolute atomic E-state index is 11.8. The van der Waals surface area contributed by atoms with E-state index in [1.54, 1.807) is 18.2 Å². The number of rotatable bonds is 5. The van der Waals surface area contributed by atoms with Crippen LogP contribution in [-0.4, -0.2) is 26.0 Å². The number of hydrogen-bond donors (Lipinski definition) is 2. The number of hydrogen-bond acceptors (Lipinski definition) is 4. The highest BCUT2D eigenvalue weighted by molar-refractivity contribution is 9.10. The molecular weight excluding hydrogens is 364 g/mol. The van der Waals surface area contributed by atoms with Gasteiger partial charge >= 0.3 is 6.03 Å². The summed E-state index contributed by atoms with van der Waals surface area (Å²) in [5.74, 6) is 2.06. The molecule has 0 radical (unpaired) electrons. The molecule has 2 aromatic carbocycles. The van der Waals surface area contributed by atoms with E-state index in [4.69, 9.17) is 14.2 Å². The van der Waals surface area contributed by atoms with Crippen molar-refractivity contribution >= 4 is 27.6 Å². The minimum absolute atomic E-state index is 0.207. The van der Waals surface area contributed by atoms with Crippen LogP contribution in [0, 0.1) is 0 Å². The van der Waals surface area contributed by atoms with Crippen molar-refractivity contribution in [3.63, 3.8) is 0 Å². The van der Waals surface area contributed by atoms with Crippen LogP contribution in [0.25, 0.3) is 0 Å². The van der Waals surface area contributed by atoms with Crippen molar-refractivity contribution in [1.29, 1.82) is 0 Å². The fourth-order valence-corrected chi connectivity index (χ4v) is 2.28. The maximum atomic E-state index is 11.8. The average Bonchev–Trinajstić information content (AvgIpc) is 3.01. The zero-order chi connectivity index (χ0) is 16.1. The SMILES string of the molecule is O=C(NCCOc1ccc(Br)cc1)Nc1ccc2c(c1)OCO2. The van der Waals surface area contributed by atoms with Crippen molar-refractivity contribution in [2.45, 2.75) is 0 Å². The Labute approximate surface area is 141 Å². The number of carbonyl (C=O) groups excluding carboxylic acids is 1. The molecule has 0 unspecified atom stereocenters. The Morgan fingerprint density at radius 1 is 1.13 bits per heavy atom. The number of anilines is 1. The monoisotopic (exact) mass is 378 g/mol. The molecular formula is C16H15BrN2O4. The quantitative estimate of drug-likeness (QED) is 0.782. The van der Waals surface area contributed by atoms with E-state index in [0.717, 1.165) is 10.2 Å². The van der Waals surface area contributed by atoms with Gasteiger partial charge in [0.2, 0.25) is 6.79 Å². The van der Waals surface area contributed by atoms with Crippen LogP contribution in [0.1, 0.15) is 0 Å². The third kappa shape index (κ3) is 4.29. The molecule has 0 aliphatic carbocycles. The number of halogens is 1. The second-order valence-electron chi connectivity index (χ2n) is 4.75. The van der Waals surface area contributed by atoms with Gasteiger partial charge in [0.05, 0.1) is 6.54 Å². The van der Waals surface area contributed by atoms with Gasteiger partial charge in [-0.2, -0.15) is 0 Å². The van der Waals surface area contributed by atoms with E-state index >= 15 is 0 Å². The van der Waals surface area contributed by atoms with Gasteiger partial charge in [-0.1, -0.05) is 15.9 Å². The fraction of sp³-hybridized carbons (Fsp3) is 0.188. The maximum Gasteiger partial charge on any atom is 0.319 e. The van der Waals surface area contributed by atoms with E-state index < -0.39 is 0 Å². The van der Waals surface area contributed by atoms with Crippen molar-refractivity contribution in [2.24, 2.45) is 0 Å². The first-order valence-electron chi connectivity index (χ1n) is 7.03. The van der Waals surface area contributed by atoms with Crippen LogP contribution < -0.4 is 24.8 Å². The lowest BCUT2D eigenvalue weighted by molar-refractivity contribution is 0.174. The van der Waals surface area contributed by atoms with Crippen LogP contribution in [0.5, 0.6) is 17.2 Å². The van der Waals surface area contributed by atoms with Gasteiger partial charge in [0.1, 0.15) is 12.4 Å². The minimum Gasteiger partial charge on any atom is -0.492 e. The van der Waals surface area contributed by atoms with Crippen molar-refractivity contribution in [3.05, 3.63) is 46.9 Å². The third-order valence-electron chi connectivity index (χ3n) is 3.10. The molecule has 0 atom stereocenters. The molecule has 2 amide bonds. The summed E-state index contributed by atoms with van der Waals surface area (Å²) in [6.45, 7) is 0.987. The lowest BCUT2D eigenvalue weighted by Crippen LogP contribution is -2.32. The smallest absolute Gasteiger partial charge is 0.319 e. The summed E-state index contributed by atoms with van der Waals surface area (Å²) in [6, 6.07) is 12.4. The van der Waals surface area contributed by atoms with Crippen LogP contribution in [0.3, 0.4) is 0 Å². The first kappa shape index (κ1) is 15.5. The number of ether oxygens (including phenoxy) is 3. The molecule has 1 aliphatic rings. The molecule has 0 spiro atoms. The molecule has 0 fully saturated rings. The zero-order valence-electron chi connectivity index (χ0n) is 12.2. The number of nitrogens with one attached hydrogen (secondary N) is 2. The minimum atomic E-state index is -0.303. The number of fused-ring (bicyclic) bond motifs is 1. The molecule has 3 rings (SSSR count). The van der Waals surface area contributed by atoms with Gasteiger partial charge in [0.15, 0.2) is 11.5 Å². The van der Waals surface area contributed by atoms with Crippen LogP contribution in [0.2, 0.25) is 0 Å².